The van der Waals surface area contributed by atoms with Crippen LogP contribution in [-0.2, 0) is 22.4 Å². The normalized spacial score (nSPS) is 19.3. The molecule has 210 valence electrons. The Morgan fingerprint density at radius 2 is 1.76 bits per heavy atom. The summed E-state index contributed by atoms with van der Waals surface area (Å²) in [7, 11) is -4.12. The molecule has 1 fully saturated rings. The fourth-order valence-electron chi connectivity index (χ4n) is 5.62. The third-order valence-electron chi connectivity index (χ3n) is 7.78. The zero-order valence-corrected chi connectivity index (χ0v) is 22.8. The quantitative estimate of drug-likeness (QED) is 0.285. The van der Waals surface area contributed by atoms with Crippen LogP contribution in [0.3, 0.4) is 0 Å². The molecular formula is C30H25F3N4O3S. The molecule has 4 aromatic rings. The van der Waals surface area contributed by atoms with Crippen molar-refractivity contribution in [3.8, 4) is 5.69 Å². The lowest BCUT2D eigenvalue weighted by Crippen LogP contribution is -2.53. The van der Waals surface area contributed by atoms with Gasteiger partial charge in [0.15, 0.2) is 5.78 Å². The van der Waals surface area contributed by atoms with E-state index in [1.807, 2.05) is 6.08 Å². The Bertz CT molecular complexity index is 1760. The lowest BCUT2D eigenvalue weighted by Gasteiger charge is -2.44. The van der Waals surface area contributed by atoms with Gasteiger partial charge < -0.3 is 0 Å². The van der Waals surface area contributed by atoms with Crippen LogP contribution >= 0.6 is 0 Å². The monoisotopic (exact) mass is 578 g/mol. The van der Waals surface area contributed by atoms with E-state index in [0.29, 0.717) is 5.69 Å². The Morgan fingerprint density at radius 1 is 1.02 bits per heavy atom. The number of rotatable bonds is 6. The topological polar surface area (TPSA) is 85.2 Å². The molecule has 1 aliphatic carbocycles. The summed E-state index contributed by atoms with van der Waals surface area (Å²) < 4.78 is 71.4. The molecule has 0 unspecified atom stereocenters. The summed E-state index contributed by atoms with van der Waals surface area (Å²) in [6.07, 6.45) is 5.46. The first-order valence-electron chi connectivity index (χ1n) is 13.0. The zero-order valence-electron chi connectivity index (χ0n) is 22.0. The summed E-state index contributed by atoms with van der Waals surface area (Å²) in [4.78, 5) is 18.3. The number of fused-ring (bicyclic) bond motifs is 2. The molecule has 0 N–H and O–H groups in total. The van der Waals surface area contributed by atoms with Crippen molar-refractivity contribution in [2.24, 2.45) is 5.41 Å². The maximum absolute atomic E-state index is 14.2. The van der Waals surface area contributed by atoms with Crippen molar-refractivity contribution < 1.29 is 26.4 Å². The lowest BCUT2D eigenvalue weighted by atomic mass is 9.65. The number of hydrogen-bond donors (Lipinski definition) is 0. The van der Waals surface area contributed by atoms with Gasteiger partial charge in [0.2, 0.25) is 10.0 Å². The van der Waals surface area contributed by atoms with E-state index in [-0.39, 0.29) is 53.7 Å². The number of ketones is 1. The van der Waals surface area contributed by atoms with Crippen molar-refractivity contribution in [1.82, 2.24) is 19.1 Å². The predicted octanol–water partition coefficient (Wildman–Crippen LogP) is 5.42. The Kier molecular flexibility index (Phi) is 6.46. The van der Waals surface area contributed by atoms with Crippen LogP contribution in [0.25, 0.3) is 11.8 Å². The van der Waals surface area contributed by atoms with Gasteiger partial charge in [-0.25, -0.2) is 26.3 Å². The highest BCUT2D eigenvalue weighted by Gasteiger charge is 2.51. The van der Waals surface area contributed by atoms with Gasteiger partial charge in [-0.3, -0.25) is 9.78 Å². The van der Waals surface area contributed by atoms with Crippen molar-refractivity contribution in [3.63, 3.8) is 0 Å². The van der Waals surface area contributed by atoms with E-state index in [9.17, 15) is 26.4 Å². The Labute approximate surface area is 235 Å². The van der Waals surface area contributed by atoms with E-state index in [4.69, 9.17) is 0 Å². The van der Waals surface area contributed by atoms with E-state index < -0.39 is 21.4 Å². The number of carbonyl (C=O) groups excluding carboxylic acids is 1. The van der Waals surface area contributed by atoms with E-state index in [1.165, 1.54) is 34.8 Å². The Hall–Kier alpha value is -4.09. The first-order chi connectivity index (χ1) is 19.5. The van der Waals surface area contributed by atoms with Gasteiger partial charge in [-0.05, 0) is 73.0 Å². The minimum absolute atomic E-state index is 0.0944. The van der Waals surface area contributed by atoms with Crippen molar-refractivity contribution in [2.75, 3.05) is 13.1 Å². The lowest BCUT2D eigenvalue weighted by molar-refractivity contribution is 0.0174. The van der Waals surface area contributed by atoms with Gasteiger partial charge in [0.05, 0.1) is 27.9 Å². The van der Waals surface area contributed by atoms with Crippen LogP contribution in [0, 0.1) is 11.2 Å². The summed E-state index contributed by atoms with van der Waals surface area (Å²) in [6.45, 7) is 0.693. The van der Waals surface area contributed by atoms with Gasteiger partial charge >= 0.3 is 0 Å². The van der Waals surface area contributed by atoms with Gasteiger partial charge in [-0.15, -0.1) is 0 Å². The SMILES string of the molecule is CC(F)(F)c1ccc(S(=O)(=O)N2CCC3=Cc4c(cnn4-c4ccc(F)cc4)C[C@]3(C(=O)c3ccccn3)C2)cc1. The third kappa shape index (κ3) is 4.68. The van der Waals surface area contributed by atoms with Crippen molar-refractivity contribution in [1.29, 1.82) is 0 Å². The molecule has 2 aromatic carbocycles. The molecule has 2 aliphatic rings. The largest absolute Gasteiger partial charge is 0.291 e. The Balaban J connectivity index is 1.41. The molecule has 0 bridgehead atoms. The van der Waals surface area contributed by atoms with E-state index in [0.717, 1.165) is 35.9 Å². The van der Waals surface area contributed by atoms with Crippen molar-refractivity contribution >= 4 is 21.9 Å². The maximum Gasteiger partial charge on any atom is 0.270 e. The standard InChI is InChI=1S/C30H25F3N4O3S/c1-29(32,33)21-5-11-25(12-6-21)41(39,40)36-15-13-22-16-27-20(18-35-37(27)24-9-7-23(31)8-10-24)17-30(22,19-36)28(38)26-4-2-3-14-34-26/h2-12,14,16,18H,13,15,17,19H2,1H3/t30-/m0/s1. The van der Waals surface area contributed by atoms with Gasteiger partial charge in [0.1, 0.15) is 11.5 Å². The van der Waals surface area contributed by atoms with Crippen LogP contribution in [0.2, 0.25) is 0 Å². The number of Topliss-reactive ketones (excluding diaryl/α,β-unsaturated/α-hetero) is 1. The number of nitrogens with zero attached hydrogens (tertiary/aromatic N) is 4. The van der Waals surface area contributed by atoms with Crippen molar-refractivity contribution in [3.05, 3.63) is 113 Å². The molecule has 1 saturated heterocycles. The number of pyridine rings is 1. The number of carbonyl (C=O) groups is 1. The summed E-state index contributed by atoms with van der Waals surface area (Å²) in [5.74, 6) is -3.80. The highest BCUT2D eigenvalue weighted by Crippen LogP contribution is 2.47. The highest BCUT2D eigenvalue weighted by molar-refractivity contribution is 7.89. The van der Waals surface area contributed by atoms with Gasteiger partial charge in [-0.1, -0.05) is 23.8 Å². The van der Waals surface area contributed by atoms with E-state index >= 15 is 0 Å². The summed E-state index contributed by atoms with van der Waals surface area (Å²) >= 11 is 0. The highest BCUT2D eigenvalue weighted by atomic mass is 32.2. The number of alkyl halides is 2. The van der Waals surface area contributed by atoms with Crippen molar-refractivity contribution in [2.45, 2.75) is 30.6 Å². The first-order valence-corrected chi connectivity index (χ1v) is 14.4. The summed E-state index contributed by atoms with van der Waals surface area (Å²) in [5.41, 5.74) is 1.53. The molecule has 1 atom stereocenters. The minimum atomic E-state index is -4.12. The molecule has 0 amide bonds. The molecular weight excluding hydrogens is 553 g/mol. The zero-order chi connectivity index (χ0) is 29.0. The van der Waals surface area contributed by atoms with Crippen LogP contribution in [0.1, 0.15) is 40.7 Å². The molecule has 41 heavy (non-hydrogen) atoms. The predicted molar refractivity (Wildman–Crippen MR) is 146 cm³/mol. The van der Waals surface area contributed by atoms with Crippen LogP contribution < -0.4 is 0 Å². The smallest absolute Gasteiger partial charge is 0.270 e. The molecule has 2 aromatic heterocycles. The number of halogens is 3. The van der Waals surface area contributed by atoms with Crippen LogP contribution in [-0.4, -0.2) is 46.4 Å². The van der Waals surface area contributed by atoms with Gasteiger partial charge in [0.25, 0.3) is 5.92 Å². The number of piperidine rings is 1. The average molecular weight is 579 g/mol. The van der Waals surface area contributed by atoms with Gasteiger partial charge in [0, 0.05) is 31.8 Å². The second-order valence-electron chi connectivity index (χ2n) is 10.4. The molecule has 3 heterocycles. The second-order valence-corrected chi connectivity index (χ2v) is 12.4. The fourth-order valence-corrected chi connectivity index (χ4v) is 7.12. The van der Waals surface area contributed by atoms with Crippen LogP contribution in [0.4, 0.5) is 13.2 Å². The molecule has 11 heteroatoms. The van der Waals surface area contributed by atoms with Crippen LogP contribution in [0.15, 0.2) is 89.6 Å². The van der Waals surface area contributed by atoms with Gasteiger partial charge in [-0.2, -0.15) is 9.40 Å². The first kappa shape index (κ1) is 27.1. The fraction of sp³-hybridized carbons (Fsp3) is 0.233. The maximum atomic E-state index is 14.2. The Morgan fingerprint density at radius 3 is 2.41 bits per heavy atom. The summed E-state index contributed by atoms with van der Waals surface area (Å²) in [6, 6.07) is 15.4. The van der Waals surface area contributed by atoms with E-state index in [2.05, 4.69) is 10.1 Å². The molecule has 6 rings (SSSR count). The third-order valence-corrected chi connectivity index (χ3v) is 9.64. The molecule has 0 saturated carbocycles. The number of aromatic nitrogens is 3. The second kappa shape index (κ2) is 9.78. The molecule has 1 aliphatic heterocycles. The summed E-state index contributed by atoms with van der Waals surface area (Å²) in [5, 5.41) is 4.49. The molecule has 0 radical (unpaired) electrons. The van der Waals surface area contributed by atoms with Crippen LogP contribution in [0.5, 0.6) is 0 Å². The minimum Gasteiger partial charge on any atom is -0.291 e. The molecule has 7 nitrogen and oxygen atoms in total. The number of benzene rings is 2. The average Bonchev–Trinajstić information content (AvgIpc) is 3.37. The number of hydrogen-bond acceptors (Lipinski definition) is 5. The number of sulfonamides is 1. The van der Waals surface area contributed by atoms with E-state index in [1.54, 1.807) is 41.2 Å². The molecule has 0 spiro atoms.